The Kier molecular flexibility index (Phi) is 4.78. The first-order valence-corrected chi connectivity index (χ1v) is 5.97. The van der Waals surface area contributed by atoms with Gasteiger partial charge in [-0.2, -0.15) is 0 Å². The van der Waals surface area contributed by atoms with E-state index in [4.69, 9.17) is 5.73 Å². The van der Waals surface area contributed by atoms with E-state index in [1.165, 1.54) is 4.88 Å². The predicted octanol–water partition coefficient (Wildman–Crippen LogP) is 1.45. The van der Waals surface area contributed by atoms with Gasteiger partial charge in [0.1, 0.15) is 0 Å². The van der Waals surface area contributed by atoms with Gasteiger partial charge in [-0.15, -0.1) is 11.3 Å². The van der Waals surface area contributed by atoms with Gasteiger partial charge in [0.2, 0.25) is 5.91 Å². The van der Waals surface area contributed by atoms with Gasteiger partial charge < -0.3 is 11.1 Å². The van der Waals surface area contributed by atoms with E-state index < -0.39 is 0 Å². The lowest BCUT2D eigenvalue weighted by Gasteiger charge is -2.06. The zero-order chi connectivity index (χ0) is 11.3. The van der Waals surface area contributed by atoms with Crippen molar-refractivity contribution in [3.63, 3.8) is 0 Å². The number of thiophene rings is 1. The first-order chi connectivity index (χ1) is 7.08. The number of amides is 1. The van der Waals surface area contributed by atoms with Crippen molar-refractivity contribution in [1.29, 1.82) is 0 Å². The van der Waals surface area contributed by atoms with Gasteiger partial charge in [-0.05, 0) is 32.4 Å². The molecule has 0 aliphatic heterocycles. The van der Waals surface area contributed by atoms with Gasteiger partial charge in [0.05, 0.1) is 6.42 Å². The van der Waals surface area contributed by atoms with E-state index in [-0.39, 0.29) is 11.9 Å². The van der Waals surface area contributed by atoms with Crippen molar-refractivity contribution in [3.8, 4) is 0 Å². The molecule has 0 aromatic carbocycles. The van der Waals surface area contributed by atoms with Gasteiger partial charge in [-0.1, -0.05) is 0 Å². The van der Waals surface area contributed by atoms with Gasteiger partial charge in [-0.25, -0.2) is 0 Å². The van der Waals surface area contributed by atoms with Crippen molar-refractivity contribution in [2.75, 3.05) is 6.54 Å². The van der Waals surface area contributed by atoms with Crippen LogP contribution in [0.3, 0.4) is 0 Å². The highest BCUT2D eigenvalue weighted by Gasteiger charge is 2.04. The van der Waals surface area contributed by atoms with Crippen molar-refractivity contribution >= 4 is 17.2 Å². The summed E-state index contributed by atoms with van der Waals surface area (Å²) in [6, 6.07) is 4.19. The SMILES string of the molecule is Cc1ccc(CC(=O)NCCC(C)N)s1. The third-order valence-corrected chi connectivity index (χ3v) is 3.05. The van der Waals surface area contributed by atoms with Gasteiger partial charge in [0.15, 0.2) is 0 Å². The highest BCUT2D eigenvalue weighted by atomic mass is 32.1. The van der Waals surface area contributed by atoms with Crippen LogP contribution in [0.15, 0.2) is 12.1 Å². The highest BCUT2D eigenvalue weighted by molar-refractivity contribution is 7.12. The minimum Gasteiger partial charge on any atom is -0.356 e. The second-order valence-corrected chi connectivity index (χ2v) is 5.18. The third kappa shape index (κ3) is 4.95. The lowest BCUT2D eigenvalue weighted by molar-refractivity contribution is -0.120. The van der Waals surface area contributed by atoms with Crippen LogP contribution in [0, 0.1) is 6.92 Å². The van der Waals surface area contributed by atoms with Crippen molar-refractivity contribution in [2.45, 2.75) is 32.7 Å². The second-order valence-electron chi connectivity index (χ2n) is 3.81. The van der Waals surface area contributed by atoms with Crippen LogP contribution in [0.5, 0.6) is 0 Å². The zero-order valence-electron chi connectivity index (χ0n) is 9.25. The van der Waals surface area contributed by atoms with Crippen molar-refractivity contribution in [3.05, 3.63) is 21.9 Å². The molecule has 3 N–H and O–H groups in total. The van der Waals surface area contributed by atoms with Crippen LogP contribution in [0.25, 0.3) is 0 Å². The maximum Gasteiger partial charge on any atom is 0.225 e. The molecule has 4 heteroatoms. The van der Waals surface area contributed by atoms with Crippen LogP contribution in [0.1, 0.15) is 23.1 Å². The van der Waals surface area contributed by atoms with E-state index in [2.05, 4.69) is 5.32 Å². The van der Waals surface area contributed by atoms with Crippen molar-refractivity contribution in [2.24, 2.45) is 5.73 Å². The maximum atomic E-state index is 11.5. The smallest absolute Gasteiger partial charge is 0.225 e. The van der Waals surface area contributed by atoms with E-state index in [1.54, 1.807) is 11.3 Å². The summed E-state index contributed by atoms with van der Waals surface area (Å²) in [6.07, 6.45) is 1.31. The molecule has 1 aromatic rings. The Morgan fingerprint density at radius 1 is 1.60 bits per heavy atom. The molecule has 0 bridgehead atoms. The van der Waals surface area contributed by atoms with Crippen LogP contribution >= 0.6 is 11.3 Å². The molecule has 84 valence electrons. The Bertz CT molecular complexity index is 320. The number of nitrogens with one attached hydrogen (secondary N) is 1. The van der Waals surface area contributed by atoms with Crippen molar-refractivity contribution < 1.29 is 4.79 Å². The normalized spacial score (nSPS) is 12.5. The molecule has 0 fully saturated rings. The van der Waals surface area contributed by atoms with Gasteiger partial charge in [0.25, 0.3) is 0 Å². The minimum atomic E-state index is 0.0810. The first kappa shape index (κ1) is 12.2. The number of hydrogen-bond donors (Lipinski definition) is 2. The summed E-state index contributed by atoms with van der Waals surface area (Å²) in [7, 11) is 0. The largest absolute Gasteiger partial charge is 0.356 e. The molecule has 3 nitrogen and oxygen atoms in total. The lowest BCUT2D eigenvalue weighted by atomic mass is 10.2. The van der Waals surface area contributed by atoms with Gasteiger partial charge >= 0.3 is 0 Å². The Hall–Kier alpha value is -0.870. The van der Waals surface area contributed by atoms with Crippen LogP contribution in [0.2, 0.25) is 0 Å². The molecule has 0 saturated carbocycles. The number of carbonyl (C=O) groups is 1. The number of nitrogens with two attached hydrogens (primary N) is 1. The van der Waals surface area contributed by atoms with Crippen molar-refractivity contribution in [1.82, 2.24) is 5.32 Å². The minimum absolute atomic E-state index is 0.0810. The molecule has 0 radical (unpaired) electrons. The predicted molar refractivity (Wildman–Crippen MR) is 64.0 cm³/mol. The van der Waals surface area contributed by atoms with E-state index >= 15 is 0 Å². The number of carbonyl (C=O) groups excluding carboxylic acids is 1. The summed E-state index contributed by atoms with van der Waals surface area (Å²) < 4.78 is 0. The standard InChI is InChI=1S/C11H18N2OS/c1-8(12)5-6-13-11(14)7-10-4-3-9(2)15-10/h3-4,8H,5-7,12H2,1-2H3,(H,13,14). The highest BCUT2D eigenvalue weighted by Crippen LogP contribution is 2.15. The Morgan fingerprint density at radius 3 is 2.87 bits per heavy atom. The van der Waals surface area contributed by atoms with Gasteiger partial charge in [0, 0.05) is 22.3 Å². The molecule has 1 atom stereocenters. The van der Waals surface area contributed by atoms with E-state index in [0.29, 0.717) is 13.0 Å². The van der Waals surface area contributed by atoms with Crippen LogP contribution < -0.4 is 11.1 Å². The number of hydrogen-bond acceptors (Lipinski definition) is 3. The molecule has 1 unspecified atom stereocenters. The Balaban J connectivity index is 2.24. The fourth-order valence-electron chi connectivity index (χ4n) is 1.24. The summed E-state index contributed by atoms with van der Waals surface area (Å²) in [4.78, 5) is 13.8. The molecule has 15 heavy (non-hydrogen) atoms. The summed E-state index contributed by atoms with van der Waals surface area (Å²) in [6.45, 7) is 4.65. The number of aryl methyl sites for hydroxylation is 1. The summed E-state index contributed by atoms with van der Waals surface area (Å²) in [5.41, 5.74) is 5.59. The van der Waals surface area contributed by atoms with Crippen LogP contribution in [0.4, 0.5) is 0 Å². The third-order valence-electron chi connectivity index (χ3n) is 2.05. The van der Waals surface area contributed by atoms with E-state index in [0.717, 1.165) is 11.3 Å². The zero-order valence-corrected chi connectivity index (χ0v) is 10.1. The summed E-state index contributed by atoms with van der Waals surface area (Å²) >= 11 is 1.67. The molecular weight excluding hydrogens is 208 g/mol. The molecule has 0 saturated heterocycles. The monoisotopic (exact) mass is 226 g/mol. The fraction of sp³-hybridized carbons (Fsp3) is 0.545. The molecule has 1 rings (SSSR count). The first-order valence-electron chi connectivity index (χ1n) is 5.15. The summed E-state index contributed by atoms with van der Waals surface area (Å²) in [5.74, 6) is 0.0810. The topological polar surface area (TPSA) is 55.1 Å². The van der Waals surface area contributed by atoms with Gasteiger partial charge in [-0.3, -0.25) is 4.79 Å². The summed E-state index contributed by atoms with van der Waals surface area (Å²) in [5, 5.41) is 2.86. The Labute approximate surface area is 94.7 Å². The molecule has 1 aromatic heterocycles. The second kappa shape index (κ2) is 5.88. The molecule has 0 aliphatic carbocycles. The maximum absolute atomic E-state index is 11.5. The molecule has 0 aliphatic rings. The molecule has 0 spiro atoms. The van der Waals surface area contributed by atoms with Crippen LogP contribution in [-0.4, -0.2) is 18.5 Å². The van der Waals surface area contributed by atoms with E-state index in [1.807, 2.05) is 26.0 Å². The van der Waals surface area contributed by atoms with Crippen LogP contribution in [-0.2, 0) is 11.2 Å². The van der Waals surface area contributed by atoms with E-state index in [9.17, 15) is 4.79 Å². The number of rotatable bonds is 5. The average molecular weight is 226 g/mol. The fourth-order valence-corrected chi connectivity index (χ4v) is 2.13. The molecule has 1 heterocycles. The Morgan fingerprint density at radius 2 is 2.33 bits per heavy atom. The quantitative estimate of drug-likeness (QED) is 0.798. The average Bonchev–Trinajstić information content (AvgIpc) is 2.50. The molecular formula is C11H18N2OS. The molecule has 1 amide bonds. The lowest BCUT2D eigenvalue weighted by Crippen LogP contribution is -2.29.